The van der Waals surface area contributed by atoms with Crippen molar-refractivity contribution in [3.8, 4) is 11.1 Å². The van der Waals surface area contributed by atoms with Crippen molar-refractivity contribution in [1.29, 1.82) is 0 Å². The molecular formula is C24H22N4O3. The number of aromatic nitrogens is 2. The zero-order chi connectivity index (χ0) is 21.7. The van der Waals surface area contributed by atoms with Crippen molar-refractivity contribution < 1.29 is 14.0 Å². The van der Waals surface area contributed by atoms with E-state index in [2.05, 4.69) is 4.98 Å². The fraction of sp³-hybridized carbons (Fsp3) is 0.208. The van der Waals surface area contributed by atoms with Crippen molar-refractivity contribution in [1.82, 2.24) is 9.55 Å². The monoisotopic (exact) mass is 414 g/mol. The number of rotatable bonds is 2. The normalized spacial score (nSPS) is 15.9. The van der Waals surface area contributed by atoms with Crippen LogP contribution in [0.4, 0.5) is 11.4 Å². The lowest BCUT2D eigenvalue weighted by Gasteiger charge is -2.40. The Balaban J connectivity index is 1.64. The van der Waals surface area contributed by atoms with E-state index in [1.165, 1.54) is 6.26 Å². The summed E-state index contributed by atoms with van der Waals surface area (Å²) < 4.78 is 7.33. The number of carbonyl (C=O) groups excluding carboxylic acids is 2. The summed E-state index contributed by atoms with van der Waals surface area (Å²) in [5, 5.41) is 0. The summed E-state index contributed by atoms with van der Waals surface area (Å²) in [6.07, 6.45) is 3.28. The number of furan rings is 1. The maximum Gasteiger partial charge on any atom is 0.294 e. The lowest BCUT2D eigenvalue weighted by atomic mass is 10.00. The number of hydrogen-bond acceptors (Lipinski definition) is 4. The summed E-state index contributed by atoms with van der Waals surface area (Å²) in [6, 6.07) is 15.2. The molecule has 2 aromatic carbocycles. The molecule has 156 valence electrons. The predicted molar refractivity (Wildman–Crippen MR) is 119 cm³/mol. The van der Waals surface area contributed by atoms with E-state index in [-0.39, 0.29) is 23.6 Å². The molecule has 0 radical (unpaired) electrons. The van der Waals surface area contributed by atoms with Gasteiger partial charge in [0, 0.05) is 20.5 Å². The largest absolute Gasteiger partial charge is 0.459 e. The van der Waals surface area contributed by atoms with Crippen LogP contribution in [0.25, 0.3) is 22.2 Å². The van der Waals surface area contributed by atoms with Crippen LogP contribution in [-0.2, 0) is 11.8 Å². The number of amides is 2. The third kappa shape index (κ3) is 3.09. The minimum absolute atomic E-state index is 0.0542. The van der Waals surface area contributed by atoms with Gasteiger partial charge in [0.1, 0.15) is 0 Å². The molecule has 0 N–H and O–H groups in total. The van der Waals surface area contributed by atoms with E-state index in [4.69, 9.17) is 4.42 Å². The Hall–Kier alpha value is -3.87. The van der Waals surface area contributed by atoms with Gasteiger partial charge in [-0.3, -0.25) is 9.59 Å². The smallest absolute Gasteiger partial charge is 0.294 e. The lowest BCUT2D eigenvalue weighted by molar-refractivity contribution is -0.117. The third-order valence-corrected chi connectivity index (χ3v) is 5.79. The Kier molecular flexibility index (Phi) is 4.39. The summed E-state index contributed by atoms with van der Waals surface area (Å²) in [5.41, 5.74) is 5.30. The topological polar surface area (TPSA) is 71.6 Å². The maximum atomic E-state index is 13.2. The molecule has 0 unspecified atom stereocenters. The molecule has 0 fully saturated rings. The van der Waals surface area contributed by atoms with Crippen molar-refractivity contribution in [2.75, 3.05) is 16.3 Å². The van der Waals surface area contributed by atoms with Gasteiger partial charge in [0.25, 0.3) is 5.91 Å². The molecule has 0 aliphatic carbocycles. The van der Waals surface area contributed by atoms with Gasteiger partial charge in [-0.25, -0.2) is 4.98 Å². The van der Waals surface area contributed by atoms with Gasteiger partial charge in [-0.15, -0.1) is 0 Å². The molecule has 0 bridgehead atoms. The Morgan fingerprint density at radius 1 is 1.06 bits per heavy atom. The molecule has 0 saturated heterocycles. The van der Waals surface area contributed by atoms with Gasteiger partial charge in [0.05, 0.1) is 41.0 Å². The number of nitrogens with zero attached hydrogens (tertiary/aromatic N) is 4. The first-order valence-electron chi connectivity index (χ1n) is 10.1. The van der Waals surface area contributed by atoms with Gasteiger partial charge in [-0.1, -0.05) is 12.1 Å². The Morgan fingerprint density at radius 3 is 2.58 bits per heavy atom. The van der Waals surface area contributed by atoms with Crippen molar-refractivity contribution >= 4 is 34.2 Å². The average Bonchev–Trinajstić information content (AvgIpc) is 3.42. The molecule has 4 aromatic rings. The molecule has 0 spiro atoms. The fourth-order valence-corrected chi connectivity index (χ4v) is 4.33. The van der Waals surface area contributed by atoms with E-state index in [0.717, 1.165) is 22.2 Å². The molecular weight excluding hydrogens is 392 g/mol. The summed E-state index contributed by atoms with van der Waals surface area (Å²) in [4.78, 5) is 33.4. The molecule has 5 rings (SSSR count). The molecule has 1 atom stereocenters. The average molecular weight is 414 g/mol. The van der Waals surface area contributed by atoms with E-state index >= 15 is 0 Å². The number of anilines is 2. The summed E-state index contributed by atoms with van der Waals surface area (Å²) in [6.45, 7) is 3.87. The SMILES string of the molecule is CC(=O)N1c2ccc(-c3ccc4c(c3)ncn4C)cc2N(C(=O)c2ccco2)C[C@@H]1C. The van der Waals surface area contributed by atoms with Gasteiger partial charge in [0.2, 0.25) is 5.91 Å². The van der Waals surface area contributed by atoms with Crippen LogP contribution in [0.2, 0.25) is 0 Å². The highest BCUT2D eigenvalue weighted by molar-refractivity contribution is 6.10. The van der Waals surface area contributed by atoms with Crippen molar-refractivity contribution in [3.63, 3.8) is 0 Å². The molecule has 3 heterocycles. The quantitative estimate of drug-likeness (QED) is 0.492. The number of benzene rings is 2. The number of fused-ring (bicyclic) bond motifs is 2. The third-order valence-electron chi connectivity index (χ3n) is 5.79. The summed E-state index contributed by atoms with van der Waals surface area (Å²) in [7, 11) is 1.96. The molecule has 31 heavy (non-hydrogen) atoms. The standard InChI is InChI=1S/C24H22N4O3/c1-15-13-27(24(30)23-5-4-10-31-23)22-12-18(7-9-21(22)28(15)16(2)29)17-6-8-20-19(11-17)25-14-26(20)3/h4-12,14-15H,13H2,1-3H3/t15-/m0/s1. The molecule has 7 nitrogen and oxygen atoms in total. The first-order valence-corrected chi connectivity index (χ1v) is 10.1. The molecule has 1 aliphatic rings. The van der Waals surface area contributed by atoms with Gasteiger partial charge >= 0.3 is 0 Å². The van der Waals surface area contributed by atoms with E-state index in [1.54, 1.807) is 35.2 Å². The zero-order valence-corrected chi connectivity index (χ0v) is 17.6. The van der Waals surface area contributed by atoms with E-state index < -0.39 is 0 Å². The van der Waals surface area contributed by atoms with E-state index in [0.29, 0.717) is 17.9 Å². The Labute approximate surface area is 179 Å². The summed E-state index contributed by atoms with van der Waals surface area (Å²) in [5.74, 6) is -0.00475. The summed E-state index contributed by atoms with van der Waals surface area (Å²) >= 11 is 0. The van der Waals surface area contributed by atoms with Gasteiger partial charge < -0.3 is 18.8 Å². The second kappa shape index (κ2) is 7.12. The highest BCUT2D eigenvalue weighted by Gasteiger charge is 2.35. The van der Waals surface area contributed by atoms with Crippen LogP contribution < -0.4 is 9.80 Å². The van der Waals surface area contributed by atoms with Crippen LogP contribution in [-0.4, -0.2) is 34.0 Å². The minimum Gasteiger partial charge on any atom is -0.459 e. The second-order valence-electron chi connectivity index (χ2n) is 7.89. The van der Waals surface area contributed by atoms with E-state index in [9.17, 15) is 9.59 Å². The van der Waals surface area contributed by atoms with Crippen LogP contribution >= 0.6 is 0 Å². The zero-order valence-electron chi connectivity index (χ0n) is 17.6. The second-order valence-corrected chi connectivity index (χ2v) is 7.89. The Bertz CT molecular complexity index is 1310. The first-order chi connectivity index (χ1) is 14.9. The van der Waals surface area contributed by atoms with Gasteiger partial charge in [-0.2, -0.15) is 0 Å². The fourth-order valence-electron chi connectivity index (χ4n) is 4.33. The van der Waals surface area contributed by atoms with Crippen LogP contribution in [0.1, 0.15) is 24.4 Å². The molecule has 2 amide bonds. The molecule has 0 saturated carbocycles. The minimum atomic E-state index is -0.223. The van der Waals surface area contributed by atoms with Gasteiger partial charge in [0.15, 0.2) is 5.76 Å². The number of aryl methyl sites for hydroxylation is 1. The van der Waals surface area contributed by atoms with E-state index in [1.807, 2.05) is 54.9 Å². The number of imidazole rings is 1. The first kappa shape index (κ1) is 19.1. The molecule has 7 heteroatoms. The van der Waals surface area contributed by atoms with Crippen LogP contribution in [0, 0.1) is 0 Å². The van der Waals surface area contributed by atoms with Crippen LogP contribution in [0.5, 0.6) is 0 Å². The lowest BCUT2D eigenvalue weighted by Crippen LogP contribution is -2.51. The molecule has 1 aliphatic heterocycles. The number of hydrogen-bond donors (Lipinski definition) is 0. The predicted octanol–water partition coefficient (Wildman–Crippen LogP) is 4.24. The Morgan fingerprint density at radius 2 is 1.84 bits per heavy atom. The highest BCUT2D eigenvalue weighted by atomic mass is 16.3. The van der Waals surface area contributed by atoms with Gasteiger partial charge in [-0.05, 0) is 54.4 Å². The number of carbonyl (C=O) groups is 2. The molecule has 2 aromatic heterocycles. The highest BCUT2D eigenvalue weighted by Crippen LogP contribution is 2.39. The van der Waals surface area contributed by atoms with Crippen molar-refractivity contribution in [2.24, 2.45) is 7.05 Å². The van der Waals surface area contributed by atoms with Crippen LogP contribution in [0.3, 0.4) is 0 Å². The van der Waals surface area contributed by atoms with Crippen molar-refractivity contribution in [2.45, 2.75) is 19.9 Å². The maximum absolute atomic E-state index is 13.2. The van der Waals surface area contributed by atoms with Crippen LogP contribution in [0.15, 0.2) is 65.5 Å². The van der Waals surface area contributed by atoms with Crippen molar-refractivity contribution in [3.05, 3.63) is 66.9 Å².